The zero-order valence-electron chi connectivity index (χ0n) is 7.48. The van der Waals surface area contributed by atoms with E-state index in [0.29, 0.717) is 0 Å². The van der Waals surface area contributed by atoms with Crippen LogP contribution >= 0.6 is 11.6 Å². The standard InChI is InChI=1S/C9H13ClN2O/c10-9-6-4-2-1-3-5-7(9)11-12-8(9)13/h1-6H2,(H,12,13)/t9-/m0/s1. The van der Waals surface area contributed by atoms with Gasteiger partial charge in [-0.25, -0.2) is 5.43 Å². The van der Waals surface area contributed by atoms with E-state index >= 15 is 0 Å². The van der Waals surface area contributed by atoms with Crippen molar-refractivity contribution in [1.29, 1.82) is 0 Å². The smallest absolute Gasteiger partial charge is 0.267 e. The van der Waals surface area contributed by atoms with Crippen molar-refractivity contribution < 1.29 is 4.79 Å². The summed E-state index contributed by atoms with van der Waals surface area (Å²) in [6.45, 7) is 0. The highest BCUT2D eigenvalue weighted by molar-refractivity contribution is 6.48. The Bertz CT molecular complexity index is 264. The first kappa shape index (κ1) is 9.00. The molecule has 0 radical (unpaired) electrons. The van der Waals surface area contributed by atoms with Crippen LogP contribution in [-0.2, 0) is 4.79 Å². The molecule has 0 bridgehead atoms. The first-order valence-corrected chi connectivity index (χ1v) is 5.18. The Hall–Kier alpha value is -0.570. The van der Waals surface area contributed by atoms with Crippen LogP contribution in [0, 0.1) is 0 Å². The molecule has 1 amide bonds. The summed E-state index contributed by atoms with van der Waals surface area (Å²) >= 11 is 6.26. The fraction of sp³-hybridized carbons (Fsp3) is 0.778. The first-order chi connectivity index (χ1) is 6.23. The zero-order chi connectivity index (χ0) is 9.31. The van der Waals surface area contributed by atoms with Crippen LogP contribution in [0.4, 0.5) is 0 Å². The quantitative estimate of drug-likeness (QED) is 0.596. The Morgan fingerprint density at radius 3 is 2.92 bits per heavy atom. The maximum atomic E-state index is 11.4. The van der Waals surface area contributed by atoms with Crippen molar-refractivity contribution in [1.82, 2.24) is 5.43 Å². The van der Waals surface area contributed by atoms with Gasteiger partial charge >= 0.3 is 0 Å². The molecule has 0 saturated heterocycles. The third kappa shape index (κ3) is 1.46. The van der Waals surface area contributed by atoms with Crippen LogP contribution in [0.1, 0.15) is 38.5 Å². The van der Waals surface area contributed by atoms with Gasteiger partial charge < -0.3 is 0 Å². The van der Waals surface area contributed by atoms with E-state index in [2.05, 4.69) is 10.5 Å². The fourth-order valence-corrected chi connectivity index (χ4v) is 2.27. The molecule has 1 N–H and O–H groups in total. The number of rotatable bonds is 0. The van der Waals surface area contributed by atoms with Crippen LogP contribution < -0.4 is 5.43 Å². The van der Waals surface area contributed by atoms with Crippen LogP contribution in [0.15, 0.2) is 5.10 Å². The third-order valence-electron chi connectivity index (χ3n) is 2.79. The topological polar surface area (TPSA) is 41.5 Å². The summed E-state index contributed by atoms with van der Waals surface area (Å²) in [6, 6.07) is 0. The average molecular weight is 201 g/mol. The number of halogens is 1. The van der Waals surface area contributed by atoms with Crippen molar-refractivity contribution in [3.05, 3.63) is 0 Å². The highest BCUT2D eigenvalue weighted by Crippen LogP contribution is 2.32. The lowest BCUT2D eigenvalue weighted by Gasteiger charge is -2.22. The summed E-state index contributed by atoms with van der Waals surface area (Å²) in [5, 5.41) is 4.00. The Kier molecular flexibility index (Phi) is 2.28. The predicted octanol–water partition coefficient (Wildman–Crippen LogP) is 1.80. The Morgan fingerprint density at radius 2 is 2.08 bits per heavy atom. The number of nitrogens with one attached hydrogen (secondary N) is 1. The molecule has 1 fully saturated rings. The van der Waals surface area contributed by atoms with Crippen molar-refractivity contribution in [3.63, 3.8) is 0 Å². The van der Waals surface area contributed by atoms with Crippen LogP contribution in [0.25, 0.3) is 0 Å². The molecule has 72 valence electrons. The molecule has 2 rings (SSSR count). The van der Waals surface area contributed by atoms with Crippen LogP contribution in [0.3, 0.4) is 0 Å². The molecule has 0 aromatic rings. The maximum absolute atomic E-state index is 11.4. The summed E-state index contributed by atoms with van der Waals surface area (Å²) in [7, 11) is 0. The number of carbonyl (C=O) groups excluding carboxylic acids is 1. The lowest BCUT2D eigenvalue weighted by atomic mass is 9.89. The SMILES string of the molecule is O=C1NN=C2CCCCCC[C@@]12Cl. The van der Waals surface area contributed by atoms with Crippen molar-refractivity contribution in [2.24, 2.45) is 5.10 Å². The number of hydrogen-bond acceptors (Lipinski definition) is 2. The van der Waals surface area contributed by atoms with Crippen LogP contribution in [0.5, 0.6) is 0 Å². The zero-order valence-corrected chi connectivity index (χ0v) is 8.23. The summed E-state index contributed by atoms with van der Waals surface area (Å²) in [6.07, 6.45) is 6.12. The van der Waals surface area contributed by atoms with Gasteiger partial charge in [-0.3, -0.25) is 4.79 Å². The van der Waals surface area contributed by atoms with Gasteiger partial charge in [0.15, 0.2) is 4.87 Å². The molecule has 0 aromatic heterocycles. The predicted molar refractivity (Wildman–Crippen MR) is 51.9 cm³/mol. The summed E-state index contributed by atoms with van der Waals surface area (Å²) < 4.78 is 0. The van der Waals surface area contributed by atoms with E-state index in [4.69, 9.17) is 11.6 Å². The maximum Gasteiger partial charge on any atom is 0.267 e. The average Bonchev–Trinajstić information content (AvgIpc) is 2.33. The number of hydrazone groups is 1. The van der Waals surface area contributed by atoms with Gasteiger partial charge in [0, 0.05) is 0 Å². The number of amides is 1. The Balaban J connectivity index is 2.21. The number of fused-ring (bicyclic) bond motifs is 1. The summed E-state index contributed by atoms with van der Waals surface area (Å²) in [5.74, 6) is -0.133. The molecule has 0 spiro atoms. The van der Waals surface area contributed by atoms with E-state index in [1.54, 1.807) is 0 Å². The second-order valence-corrected chi connectivity index (χ2v) is 4.36. The molecule has 1 heterocycles. The van der Waals surface area contributed by atoms with E-state index in [9.17, 15) is 4.79 Å². The third-order valence-corrected chi connectivity index (χ3v) is 3.37. The molecule has 1 aliphatic carbocycles. The number of nitrogens with zero attached hydrogens (tertiary/aromatic N) is 1. The molecular formula is C9H13ClN2O. The molecule has 1 atom stereocenters. The fourth-order valence-electron chi connectivity index (χ4n) is 1.95. The van der Waals surface area contributed by atoms with E-state index in [1.165, 1.54) is 12.8 Å². The van der Waals surface area contributed by atoms with E-state index in [-0.39, 0.29) is 5.91 Å². The van der Waals surface area contributed by atoms with Gasteiger partial charge in [-0.1, -0.05) is 19.3 Å². The second kappa shape index (κ2) is 3.29. The van der Waals surface area contributed by atoms with Crippen molar-refractivity contribution in [3.8, 4) is 0 Å². The Morgan fingerprint density at radius 1 is 1.31 bits per heavy atom. The normalized spacial score (nSPS) is 34.2. The van der Waals surface area contributed by atoms with E-state index < -0.39 is 4.87 Å². The van der Waals surface area contributed by atoms with Gasteiger partial charge in [-0.05, 0) is 19.3 Å². The molecule has 13 heavy (non-hydrogen) atoms. The van der Waals surface area contributed by atoms with Gasteiger partial charge in [-0.15, -0.1) is 11.6 Å². The van der Waals surface area contributed by atoms with Gasteiger partial charge in [0.05, 0.1) is 5.71 Å². The molecule has 1 saturated carbocycles. The second-order valence-electron chi connectivity index (χ2n) is 3.71. The minimum atomic E-state index is -0.805. The highest BCUT2D eigenvalue weighted by atomic mass is 35.5. The lowest BCUT2D eigenvalue weighted by Crippen LogP contribution is -2.40. The molecule has 1 aliphatic heterocycles. The van der Waals surface area contributed by atoms with E-state index in [1.807, 2.05) is 0 Å². The molecule has 0 aromatic carbocycles. The number of alkyl halides is 1. The minimum Gasteiger partial charge on any atom is -0.271 e. The minimum absolute atomic E-state index is 0.133. The number of hydrogen-bond donors (Lipinski definition) is 1. The van der Waals surface area contributed by atoms with E-state index in [0.717, 1.165) is 31.4 Å². The van der Waals surface area contributed by atoms with Crippen molar-refractivity contribution >= 4 is 23.2 Å². The summed E-state index contributed by atoms with van der Waals surface area (Å²) in [5.41, 5.74) is 3.32. The highest BCUT2D eigenvalue weighted by Gasteiger charge is 2.45. The molecule has 0 unspecified atom stereocenters. The van der Waals surface area contributed by atoms with Gasteiger partial charge in [-0.2, -0.15) is 5.10 Å². The number of carbonyl (C=O) groups is 1. The largest absolute Gasteiger partial charge is 0.271 e. The molecular weight excluding hydrogens is 188 g/mol. The molecule has 2 aliphatic rings. The molecule has 3 nitrogen and oxygen atoms in total. The lowest BCUT2D eigenvalue weighted by molar-refractivity contribution is -0.121. The summed E-state index contributed by atoms with van der Waals surface area (Å²) in [4.78, 5) is 10.6. The van der Waals surface area contributed by atoms with Crippen LogP contribution in [-0.4, -0.2) is 16.5 Å². The van der Waals surface area contributed by atoms with Gasteiger partial charge in [0.2, 0.25) is 0 Å². The molecule has 4 heteroatoms. The van der Waals surface area contributed by atoms with Gasteiger partial charge in [0.25, 0.3) is 5.91 Å². The van der Waals surface area contributed by atoms with Crippen molar-refractivity contribution in [2.45, 2.75) is 43.4 Å². The van der Waals surface area contributed by atoms with Gasteiger partial charge in [0.1, 0.15) is 0 Å². The monoisotopic (exact) mass is 200 g/mol. The Labute approximate surface area is 82.5 Å². The van der Waals surface area contributed by atoms with Crippen molar-refractivity contribution in [2.75, 3.05) is 0 Å². The van der Waals surface area contributed by atoms with Crippen LogP contribution in [0.2, 0.25) is 0 Å². The first-order valence-electron chi connectivity index (χ1n) is 4.80.